The Morgan fingerprint density at radius 3 is 2.38 bits per heavy atom. The number of piperidine rings is 1. The van der Waals surface area contributed by atoms with Crippen molar-refractivity contribution in [1.82, 2.24) is 14.7 Å². The smallest absolute Gasteiger partial charge is 0.261 e. The van der Waals surface area contributed by atoms with Gasteiger partial charge in [-0.25, -0.2) is 8.78 Å². The molecule has 3 saturated heterocycles. The lowest BCUT2D eigenvalue weighted by molar-refractivity contribution is -0.142. The van der Waals surface area contributed by atoms with Crippen molar-refractivity contribution in [2.45, 2.75) is 68.7 Å². The zero-order valence-electron chi connectivity index (χ0n) is 25.7. The molecule has 1 aromatic rings. The molecule has 0 aromatic heterocycles. The Balaban J connectivity index is 1.29. The van der Waals surface area contributed by atoms with Gasteiger partial charge in [0.1, 0.15) is 5.82 Å². The lowest BCUT2D eigenvalue weighted by Crippen LogP contribution is -2.48. The van der Waals surface area contributed by atoms with Crippen LogP contribution in [0.1, 0.15) is 56.4 Å². The van der Waals surface area contributed by atoms with E-state index in [1.165, 1.54) is 6.07 Å². The number of alkyl halides is 1. The van der Waals surface area contributed by atoms with E-state index in [2.05, 4.69) is 9.80 Å². The summed E-state index contributed by atoms with van der Waals surface area (Å²) in [6.07, 6.45) is 5.80. The predicted molar refractivity (Wildman–Crippen MR) is 158 cm³/mol. The quantitative estimate of drug-likeness (QED) is 0.460. The van der Waals surface area contributed by atoms with E-state index in [9.17, 15) is 14.0 Å². The van der Waals surface area contributed by atoms with Gasteiger partial charge in [-0.2, -0.15) is 0 Å². The molecule has 0 radical (unpaired) electrons. The normalized spacial score (nSPS) is 31.1. The van der Waals surface area contributed by atoms with Gasteiger partial charge in [-0.1, -0.05) is 6.07 Å². The summed E-state index contributed by atoms with van der Waals surface area (Å²) in [6.45, 7) is 3.27. The summed E-state index contributed by atoms with van der Waals surface area (Å²) in [7, 11) is 6.95. The van der Waals surface area contributed by atoms with Crippen molar-refractivity contribution in [3.63, 3.8) is 0 Å². The molecule has 42 heavy (non-hydrogen) atoms. The molecule has 3 heterocycles. The van der Waals surface area contributed by atoms with E-state index in [1.54, 1.807) is 44.2 Å². The van der Waals surface area contributed by atoms with E-state index in [0.717, 1.165) is 36.9 Å². The molecule has 1 aliphatic carbocycles. The summed E-state index contributed by atoms with van der Waals surface area (Å²) in [5, 5.41) is 0. The maximum absolute atomic E-state index is 16.4. The van der Waals surface area contributed by atoms with Gasteiger partial charge in [0.2, 0.25) is 11.6 Å². The Kier molecular flexibility index (Phi) is 9.74. The summed E-state index contributed by atoms with van der Waals surface area (Å²) in [4.78, 5) is 34.0. The average Bonchev–Trinajstić information content (AvgIpc) is 3.61. The van der Waals surface area contributed by atoms with Gasteiger partial charge in [0, 0.05) is 103 Å². The van der Waals surface area contributed by atoms with Crippen molar-refractivity contribution in [3.05, 3.63) is 29.6 Å². The molecule has 3 atom stereocenters. The van der Waals surface area contributed by atoms with Crippen LogP contribution in [0.15, 0.2) is 18.2 Å². The molecule has 0 unspecified atom stereocenters. The Hall–Kier alpha value is -2.30. The molecule has 3 aliphatic heterocycles. The van der Waals surface area contributed by atoms with Crippen molar-refractivity contribution in [1.29, 1.82) is 0 Å². The molecule has 0 N–H and O–H groups in total. The number of carbonyl (C=O) groups is 2. The first-order valence-corrected chi connectivity index (χ1v) is 15.6. The molecule has 4 aliphatic rings. The number of ether oxygens (including phenoxy) is 2. The number of rotatable bonds is 8. The van der Waals surface area contributed by atoms with Crippen LogP contribution in [0.4, 0.5) is 14.5 Å². The first kappa shape index (κ1) is 31.1. The lowest BCUT2D eigenvalue weighted by Gasteiger charge is -2.36. The average molecular weight is 591 g/mol. The number of nitrogens with zero attached hydrogens (tertiary/aromatic N) is 4. The van der Waals surface area contributed by atoms with Gasteiger partial charge >= 0.3 is 0 Å². The molecule has 1 saturated carbocycles. The van der Waals surface area contributed by atoms with Crippen LogP contribution >= 0.6 is 0 Å². The van der Waals surface area contributed by atoms with Crippen LogP contribution < -0.4 is 4.90 Å². The van der Waals surface area contributed by atoms with Gasteiger partial charge in [0.15, 0.2) is 0 Å². The molecule has 10 heteroatoms. The van der Waals surface area contributed by atoms with Crippen LogP contribution in [0.25, 0.3) is 0 Å². The van der Waals surface area contributed by atoms with Crippen LogP contribution in [-0.4, -0.2) is 119 Å². The van der Waals surface area contributed by atoms with E-state index >= 15 is 4.39 Å². The zero-order valence-corrected chi connectivity index (χ0v) is 25.7. The molecular weight excluding hydrogens is 542 g/mol. The Morgan fingerprint density at radius 1 is 1.02 bits per heavy atom. The molecule has 4 fully saturated rings. The highest BCUT2D eigenvalue weighted by Gasteiger charge is 2.51. The number of hydrogen-bond acceptors (Lipinski definition) is 6. The van der Waals surface area contributed by atoms with Gasteiger partial charge in [0.25, 0.3) is 5.91 Å². The van der Waals surface area contributed by atoms with E-state index in [4.69, 9.17) is 9.47 Å². The van der Waals surface area contributed by atoms with Crippen LogP contribution in [0.2, 0.25) is 0 Å². The summed E-state index contributed by atoms with van der Waals surface area (Å²) in [6, 6.07) is 5.16. The number of halogens is 2. The summed E-state index contributed by atoms with van der Waals surface area (Å²) in [5.74, 6) is -0.769. The van der Waals surface area contributed by atoms with Gasteiger partial charge in [-0.3, -0.25) is 14.5 Å². The number of amides is 2. The number of likely N-dealkylation sites (tertiary alicyclic amines) is 2. The van der Waals surface area contributed by atoms with Crippen LogP contribution in [0.5, 0.6) is 0 Å². The minimum atomic E-state index is -1.89. The van der Waals surface area contributed by atoms with Crippen molar-refractivity contribution in [2.75, 3.05) is 79.1 Å². The number of methoxy groups -OCH3 is 2. The molecule has 234 valence electrons. The first-order valence-electron chi connectivity index (χ1n) is 15.6. The molecule has 5 rings (SSSR count). The fourth-order valence-corrected chi connectivity index (χ4v) is 7.83. The van der Waals surface area contributed by atoms with Gasteiger partial charge in [0.05, 0.1) is 12.7 Å². The SMILES string of the molecule is COC[C@H]1CN(C(=O)[C@@]2(F)CCN([C@H]3CC[C@H](OC)CC3)C2)C[C@@H]1c1ccc(F)cc1N1CCC(C(=O)N(C)C)CC1. The van der Waals surface area contributed by atoms with Crippen LogP contribution in [-0.2, 0) is 19.1 Å². The van der Waals surface area contributed by atoms with E-state index < -0.39 is 11.6 Å². The number of carbonyl (C=O) groups excluding carboxylic acids is 2. The van der Waals surface area contributed by atoms with Gasteiger partial charge in [-0.15, -0.1) is 0 Å². The number of benzene rings is 1. The fraction of sp³-hybridized carbons (Fsp3) is 0.750. The highest BCUT2D eigenvalue weighted by Crippen LogP contribution is 2.42. The Morgan fingerprint density at radius 2 is 1.74 bits per heavy atom. The second-order valence-corrected chi connectivity index (χ2v) is 13.1. The summed E-state index contributed by atoms with van der Waals surface area (Å²) >= 11 is 0. The third-order valence-corrected chi connectivity index (χ3v) is 10.3. The molecule has 8 nitrogen and oxygen atoms in total. The van der Waals surface area contributed by atoms with Crippen molar-refractivity contribution < 1.29 is 27.8 Å². The van der Waals surface area contributed by atoms with Gasteiger partial charge < -0.3 is 24.2 Å². The molecule has 2 amide bonds. The predicted octanol–water partition coefficient (Wildman–Crippen LogP) is 3.69. The molecule has 1 aromatic carbocycles. The van der Waals surface area contributed by atoms with Crippen LogP contribution in [0, 0.1) is 17.7 Å². The Labute approximate surface area is 249 Å². The minimum Gasteiger partial charge on any atom is -0.384 e. The maximum atomic E-state index is 16.4. The monoisotopic (exact) mass is 590 g/mol. The van der Waals surface area contributed by atoms with E-state index in [1.807, 2.05) is 6.07 Å². The second-order valence-electron chi connectivity index (χ2n) is 13.1. The van der Waals surface area contributed by atoms with Crippen molar-refractivity contribution >= 4 is 17.5 Å². The topological polar surface area (TPSA) is 65.6 Å². The van der Waals surface area contributed by atoms with Crippen molar-refractivity contribution in [3.8, 4) is 0 Å². The molecule has 0 bridgehead atoms. The van der Waals surface area contributed by atoms with E-state index in [0.29, 0.717) is 58.2 Å². The number of hydrogen-bond donors (Lipinski definition) is 0. The zero-order chi connectivity index (χ0) is 30.0. The largest absolute Gasteiger partial charge is 0.384 e. The maximum Gasteiger partial charge on any atom is 0.261 e. The lowest BCUT2D eigenvalue weighted by atomic mass is 9.87. The van der Waals surface area contributed by atoms with Crippen LogP contribution in [0.3, 0.4) is 0 Å². The molecule has 0 spiro atoms. The standard InChI is InChI=1S/C32H48F2N4O4/c1-35(2)30(39)22-11-14-36(15-12-22)29-17-24(33)5-10-27(29)28-19-38(18-23(28)20-41-3)31(40)32(34)13-16-37(21-32)25-6-8-26(42-4)9-7-25/h5,10,17,22-23,25-26,28H,6-9,11-16,18-21H2,1-4H3/t23-,25-,26-,28+,32-/m1/s1. The second kappa shape index (κ2) is 13.1. The third kappa shape index (κ3) is 6.45. The third-order valence-electron chi connectivity index (χ3n) is 10.3. The van der Waals surface area contributed by atoms with E-state index in [-0.39, 0.29) is 48.5 Å². The fourth-order valence-electron chi connectivity index (χ4n) is 7.83. The highest BCUT2D eigenvalue weighted by atomic mass is 19.1. The summed E-state index contributed by atoms with van der Waals surface area (Å²) in [5.41, 5.74) is -0.126. The summed E-state index contributed by atoms with van der Waals surface area (Å²) < 4.78 is 42.0. The first-order chi connectivity index (χ1) is 20.1. The highest BCUT2D eigenvalue weighted by molar-refractivity contribution is 5.86. The minimum absolute atomic E-state index is 0.0264. The van der Waals surface area contributed by atoms with Crippen molar-refractivity contribution in [2.24, 2.45) is 11.8 Å². The van der Waals surface area contributed by atoms with Gasteiger partial charge in [-0.05, 0) is 56.2 Å². The number of anilines is 1. The molecular formula is C32H48F2N4O4. The Bertz CT molecular complexity index is 1110.